The number of carbonyl (C=O) groups excluding carboxylic acids is 3. The van der Waals surface area contributed by atoms with E-state index in [1.165, 1.54) is 18.3 Å². The number of carbonyl (C=O) groups is 5. The molecule has 3 aromatic rings. The van der Waals surface area contributed by atoms with Gasteiger partial charge >= 0.3 is 11.9 Å². The van der Waals surface area contributed by atoms with Crippen LogP contribution in [0.1, 0.15) is 28.9 Å². The number of rotatable bonds is 14. The Kier molecular flexibility index (Phi) is 10.7. The van der Waals surface area contributed by atoms with E-state index in [1.807, 2.05) is 0 Å². The zero-order chi connectivity index (χ0) is 30.8. The number of hydrogen-bond acceptors (Lipinski definition) is 12. The summed E-state index contributed by atoms with van der Waals surface area (Å²) in [6.07, 6.45) is 0.845. The number of carboxylic acid groups (broad SMARTS) is 2. The Morgan fingerprint density at radius 1 is 0.976 bits per heavy atom. The molecule has 222 valence electrons. The van der Waals surface area contributed by atoms with E-state index >= 15 is 0 Å². The second-order valence-electron chi connectivity index (χ2n) is 8.74. The average molecular weight is 602 g/mol. The van der Waals surface area contributed by atoms with Gasteiger partial charge in [0.25, 0.3) is 11.5 Å². The molecule has 2 aromatic heterocycles. The van der Waals surface area contributed by atoms with E-state index in [9.17, 15) is 33.9 Å². The number of nitrogens with two attached hydrogens (primary N) is 1. The minimum atomic E-state index is -1.39. The van der Waals surface area contributed by atoms with Gasteiger partial charge in [-0.05, 0) is 30.7 Å². The predicted molar refractivity (Wildman–Crippen MR) is 151 cm³/mol. The van der Waals surface area contributed by atoms with Crippen LogP contribution >= 0.6 is 12.6 Å². The van der Waals surface area contributed by atoms with Gasteiger partial charge in [-0.3, -0.25) is 24.2 Å². The Balaban J connectivity index is 1.49. The summed E-state index contributed by atoms with van der Waals surface area (Å²) in [5, 5.41) is 28.2. The molecule has 0 saturated carbocycles. The highest BCUT2D eigenvalue weighted by molar-refractivity contribution is 7.80. The number of benzene rings is 1. The molecule has 0 aliphatic heterocycles. The van der Waals surface area contributed by atoms with Gasteiger partial charge in [0.1, 0.15) is 12.1 Å². The lowest BCUT2D eigenvalue weighted by atomic mass is 10.1. The van der Waals surface area contributed by atoms with E-state index in [1.54, 1.807) is 12.1 Å². The number of aromatic nitrogens is 4. The summed E-state index contributed by atoms with van der Waals surface area (Å²) >= 11 is 3.82. The number of aliphatic carboxylic acids is 2. The summed E-state index contributed by atoms with van der Waals surface area (Å²) < 4.78 is 0. The standard InChI is InChI=1S/C24H27N9O8S/c25-24-32-19-18(21(37)33-24)29-13(8-28-19)7-26-12-3-1-11(2-4-12)20(36)31-14(22(38)39)5-6-16(34)27-9-17(35)30-15(10-42)23(40)41/h1-4,8,14-15,26,42H,5-7,9-10H2,(H,27,34)(H,30,35)(H,31,36)(H,38,39)(H,40,41)(H3,25,28,32,33,37)/t14-,15?/m0/s1. The third-order valence-electron chi connectivity index (χ3n) is 5.63. The number of thiol groups is 1. The second kappa shape index (κ2) is 14.4. The molecule has 3 amide bonds. The monoisotopic (exact) mass is 601 g/mol. The molecule has 0 fully saturated rings. The van der Waals surface area contributed by atoms with Crippen LogP contribution in [0.15, 0.2) is 35.3 Å². The minimum absolute atomic E-state index is 0.0320. The van der Waals surface area contributed by atoms with Crippen molar-refractivity contribution in [2.75, 3.05) is 23.3 Å². The van der Waals surface area contributed by atoms with Gasteiger partial charge in [-0.15, -0.1) is 0 Å². The summed E-state index contributed by atoms with van der Waals surface area (Å²) in [6, 6.07) is 3.46. The zero-order valence-corrected chi connectivity index (χ0v) is 22.7. The van der Waals surface area contributed by atoms with Crippen LogP contribution in [0.3, 0.4) is 0 Å². The Bertz CT molecular complexity index is 1550. The van der Waals surface area contributed by atoms with Crippen molar-refractivity contribution in [1.82, 2.24) is 35.9 Å². The van der Waals surface area contributed by atoms with Gasteiger partial charge < -0.3 is 37.2 Å². The van der Waals surface area contributed by atoms with Crippen LogP contribution in [0, 0.1) is 0 Å². The fourth-order valence-corrected chi connectivity index (χ4v) is 3.71. The zero-order valence-electron chi connectivity index (χ0n) is 21.8. The molecule has 0 spiro atoms. The summed E-state index contributed by atoms with van der Waals surface area (Å²) in [5.41, 5.74) is 6.31. The summed E-state index contributed by atoms with van der Waals surface area (Å²) in [4.78, 5) is 85.5. The number of hydrogen-bond donors (Lipinski definition) is 9. The number of carboxylic acids is 2. The van der Waals surface area contributed by atoms with Crippen molar-refractivity contribution in [3.05, 3.63) is 52.1 Å². The first-order chi connectivity index (χ1) is 20.0. The van der Waals surface area contributed by atoms with Crippen LogP contribution in [0.4, 0.5) is 11.6 Å². The van der Waals surface area contributed by atoms with Crippen LogP contribution in [0.5, 0.6) is 0 Å². The quantitative estimate of drug-likeness (QED) is 0.0952. The van der Waals surface area contributed by atoms with E-state index in [4.69, 9.17) is 10.8 Å². The molecule has 42 heavy (non-hydrogen) atoms. The third-order valence-corrected chi connectivity index (χ3v) is 6.00. The molecule has 9 N–H and O–H groups in total. The lowest BCUT2D eigenvalue weighted by molar-refractivity contribution is -0.141. The van der Waals surface area contributed by atoms with Crippen LogP contribution in [0.2, 0.25) is 0 Å². The SMILES string of the molecule is Nc1nc2ncc(CNc3ccc(C(=O)N[C@@H](CCC(=O)NCC(=O)NC(CS)C(=O)O)C(=O)O)cc3)nc2c(=O)[nH]1. The topological polar surface area (TPSA) is 271 Å². The highest BCUT2D eigenvalue weighted by atomic mass is 32.1. The Labute approximate surface area is 242 Å². The van der Waals surface area contributed by atoms with Crippen LogP contribution in [-0.4, -0.2) is 84.2 Å². The van der Waals surface area contributed by atoms with Gasteiger partial charge in [0, 0.05) is 23.4 Å². The van der Waals surface area contributed by atoms with Crippen LogP contribution < -0.4 is 32.6 Å². The van der Waals surface area contributed by atoms with E-state index in [-0.39, 0.29) is 47.8 Å². The molecule has 2 atom stereocenters. The minimum Gasteiger partial charge on any atom is -0.480 e. The van der Waals surface area contributed by atoms with Gasteiger partial charge in [-0.25, -0.2) is 19.6 Å². The molecule has 1 unspecified atom stereocenters. The first kappa shape index (κ1) is 31.3. The molecular formula is C24H27N9O8S. The number of nitrogens with one attached hydrogen (secondary N) is 5. The molecule has 0 aliphatic rings. The number of fused-ring (bicyclic) bond motifs is 1. The lowest BCUT2D eigenvalue weighted by Gasteiger charge is -2.15. The van der Waals surface area contributed by atoms with Gasteiger partial charge in [0.15, 0.2) is 11.2 Å². The van der Waals surface area contributed by atoms with Gasteiger partial charge in [-0.1, -0.05) is 0 Å². The second-order valence-corrected chi connectivity index (χ2v) is 9.10. The first-order valence-electron chi connectivity index (χ1n) is 12.3. The highest BCUT2D eigenvalue weighted by Crippen LogP contribution is 2.12. The Morgan fingerprint density at radius 3 is 2.31 bits per heavy atom. The molecule has 0 saturated heterocycles. The molecule has 17 nitrogen and oxygen atoms in total. The van der Waals surface area contributed by atoms with Gasteiger partial charge in [-0.2, -0.15) is 17.6 Å². The molecule has 3 rings (SSSR count). The van der Waals surface area contributed by atoms with E-state index in [2.05, 4.69) is 53.8 Å². The van der Waals surface area contributed by atoms with Crippen molar-refractivity contribution < 1.29 is 34.2 Å². The lowest BCUT2D eigenvalue weighted by Crippen LogP contribution is -2.46. The molecule has 2 heterocycles. The van der Waals surface area contributed by atoms with Crippen molar-refractivity contribution in [3.63, 3.8) is 0 Å². The van der Waals surface area contributed by atoms with E-state index in [0.29, 0.717) is 11.4 Å². The molecule has 0 aliphatic carbocycles. The van der Waals surface area contributed by atoms with E-state index in [0.717, 1.165) is 0 Å². The Morgan fingerprint density at radius 2 is 1.67 bits per heavy atom. The maximum Gasteiger partial charge on any atom is 0.327 e. The smallest absolute Gasteiger partial charge is 0.327 e. The largest absolute Gasteiger partial charge is 0.480 e. The number of H-pyrrole nitrogens is 1. The molecule has 18 heteroatoms. The van der Waals surface area contributed by atoms with Crippen molar-refractivity contribution in [2.24, 2.45) is 0 Å². The highest BCUT2D eigenvalue weighted by Gasteiger charge is 2.23. The predicted octanol–water partition coefficient (Wildman–Crippen LogP) is -1.51. The molecule has 0 bridgehead atoms. The average Bonchev–Trinajstić information content (AvgIpc) is 2.95. The summed E-state index contributed by atoms with van der Waals surface area (Å²) in [6.45, 7) is -0.322. The number of anilines is 2. The van der Waals surface area contributed by atoms with Crippen LogP contribution in [-0.2, 0) is 25.7 Å². The van der Waals surface area contributed by atoms with Crippen molar-refractivity contribution in [2.45, 2.75) is 31.5 Å². The molecule has 0 radical (unpaired) electrons. The third kappa shape index (κ3) is 8.88. The van der Waals surface area contributed by atoms with Crippen molar-refractivity contribution >= 4 is 65.1 Å². The maximum absolute atomic E-state index is 12.6. The van der Waals surface area contributed by atoms with Crippen molar-refractivity contribution in [1.29, 1.82) is 0 Å². The number of nitrogens with zero attached hydrogens (tertiary/aromatic N) is 3. The van der Waals surface area contributed by atoms with Gasteiger partial charge in [0.05, 0.1) is 25.0 Å². The van der Waals surface area contributed by atoms with Crippen molar-refractivity contribution in [3.8, 4) is 0 Å². The van der Waals surface area contributed by atoms with Gasteiger partial charge in [0.2, 0.25) is 17.8 Å². The molecular weight excluding hydrogens is 574 g/mol. The summed E-state index contributed by atoms with van der Waals surface area (Å²) in [7, 11) is 0. The number of aromatic amines is 1. The summed E-state index contributed by atoms with van der Waals surface area (Å²) in [5.74, 6) is -4.97. The number of amides is 3. The fraction of sp³-hybridized carbons (Fsp3) is 0.292. The Hall–Kier alpha value is -5.26. The first-order valence-corrected chi connectivity index (χ1v) is 12.9. The fourth-order valence-electron chi connectivity index (χ4n) is 3.46. The maximum atomic E-state index is 12.6. The van der Waals surface area contributed by atoms with Crippen LogP contribution in [0.25, 0.3) is 11.2 Å². The van der Waals surface area contributed by atoms with E-state index < -0.39 is 53.8 Å². The molecule has 1 aromatic carbocycles. The normalized spacial score (nSPS) is 12.1. The number of nitrogen functional groups attached to an aromatic ring is 1.